The maximum absolute atomic E-state index is 7.31. The quantitative estimate of drug-likeness (QED) is 0.164. The number of fused-ring (bicyclic) bond motifs is 9. The fourth-order valence-electron chi connectivity index (χ4n) is 9.88. The van der Waals surface area contributed by atoms with Gasteiger partial charge in [0.05, 0.1) is 33.1 Å². The van der Waals surface area contributed by atoms with Crippen LogP contribution in [0.2, 0.25) is 0 Å². The summed E-state index contributed by atoms with van der Waals surface area (Å²) in [5.74, 6) is 0. The molecule has 8 aromatic carbocycles. The molecule has 0 saturated carbocycles. The molecule has 0 aliphatic rings. The topological polar surface area (TPSA) is 23.0 Å². The molecule has 11 aromatic rings. The van der Waals surface area contributed by atoms with Gasteiger partial charge in [-0.2, -0.15) is 0 Å². The molecule has 0 aliphatic carbocycles. The Morgan fingerprint density at radius 1 is 0.288 bits per heavy atom. The van der Waals surface area contributed by atoms with Crippen molar-refractivity contribution in [2.24, 2.45) is 0 Å². The van der Waals surface area contributed by atoms with Crippen molar-refractivity contribution in [3.63, 3.8) is 0 Å². The van der Waals surface area contributed by atoms with Gasteiger partial charge in [-0.1, -0.05) is 109 Å². The number of nitrogens with zero attached hydrogens (tertiary/aromatic N) is 2. The van der Waals surface area contributed by atoms with Crippen LogP contribution in [0.3, 0.4) is 0 Å². The van der Waals surface area contributed by atoms with E-state index in [9.17, 15) is 0 Å². The first kappa shape index (κ1) is 42.8. The van der Waals surface area contributed by atoms with Crippen molar-refractivity contribution in [2.75, 3.05) is 0 Å². The van der Waals surface area contributed by atoms with Crippen molar-refractivity contribution in [1.29, 1.82) is 0 Å². The molecule has 0 saturated heterocycles. The average molecular weight is 798 g/mol. The van der Waals surface area contributed by atoms with Crippen LogP contribution >= 0.6 is 0 Å². The fourth-order valence-corrected chi connectivity index (χ4v) is 9.88. The molecule has 0 spiro atoms. The van der Waals surface area contributed by atoms with E-state index in [1.165, 1.54) is 0 Å². The molecule has 0 N–H and O–H groups in total. The molecule has 66 heavy (non-hydrogen) atoms. The normalized spacial score (nSPS) is 11.9. The highest BCUT2D eigenvalue weighted by Gasteiger charge is 2.28. The number of hydrogen-bond acceptors (Lipinski definition) is 1. The lowest BCUT2D eigenvalue weighted by Crippen LogP contribution is -2.57. The zero-order valence-corrected chi connectivity index (χ0v) is 35.1. The number of benzene rings is 8. The standard InChI is InChI=1S/C48H15B15N2O/c49-31-25(33(51)38(56)34(52)27(31)28-35(53)39(57)41(59)40(58)36(28)54)26-32(50)29-30-46(43(61)42(60)45(63)48(30)66-47(29)44(62)37(26)55)65-23-12-6-3-9-19(23)20-15-16(13-14-24(20)65)64-21-10-4-1-7-17(21)18-8-2-5-11-22(18)64/h1-15H. The molecule has 3 aromatic heterocycles. The van der Waals surface area contributed by atoms with E-state index in [4.69, 9.17) is 122 Å². The minimum absolute atomic E-state index is 0.0186. The van der Waals surface area contributed by atoms with Crippen LogP contribution in [0.4, 0.5) is 0 Å². The van der Waals surface area contributed by atoms with Crippen molar-refractivity contribution >= 4 is 265 Å². The summed E-state index contributed by atoms with van der Waals surface area (Å²) in [4.78, 5) is 0. The number of hydrogen-bond donors (Lipinski definition) is 0. The molecule has 0 bridgehead atoms. The lowest BCUT2D eigenvalue weighted by molar-refractivity contribution is 0.674. The van der Waals surface area contributed by atoms with Gasteiger partial charge in [-0.25, -0.2) is 0 Å². The summed E-state index contributed by atoms with van der Waals surface area (Å²) in [6.07, 6.45) is 0. The third kappa shape index (κ3) is 5.60. The monoisotopic (exact) mass is 800 g/mol. The molecule has 11 rings (SSSR count). The van der Waals surface area contributed by atoms with Crippen molar-refractivity contribution in [3.8, 4) is 33.6 Å². The maximum atomic E-state index is 7.31. The molecule has 0 aliphatic heterocycles. The largest absolute Gasteiger partial charge is 0.457 e. The first-order valence-corrected chi connectivity index (χ1v) is 20.6. The van der Waals surface area contributed by atoms with Gasteiger partial charge in [0.2, 0.25) is 0 Å². The van der Waals surface area contributed by atoms with Crippen LogP contribution in [0.25, 0.3) is 99.2 Å². The molecular formula is C48H15B15N2O. The molecule has 30 radical (unpaired) electrons. The fraction of sp³-hybridized carbons (Fsp3) is 0. The first-order chi connectivity index (χ1) is 31.6. The van der Waals surface area contributed by atoms with Crippen LogP contribution in [0.5, 0.6) is 0 Å². The van der Waals surface area contributed by atoms with E-state index in [2.05, 4.69) is 41.0 Å². The number of aromatic nitrogens is 2. The molecule has 0 amide bonds. The Hall–Kier alpha value is -5.87. The molecule has 0 fully saturated rings. The summed E-state index contributed by atoms with van der Waals surface area (Å²) in [6, 6.07) is 30.9. The smallest absolute Gasteiger partial charge is 0.129 e. The number of para-hydroxylation sites is 3. The SMILES string of the molecule is [B]c1c([B])c([B])c(-c2c([B])c([B])c([B])c(-c3c([B])c([B])c4oc5c([B])c([B])c([B])c(-n6c7ccccc7c7cc(-n8c9ccccc9c9ccccc98)ccc76)c5c4c3[B])c2[B])c([B])c1[B]. The van der Waals surface area contributed by atoms with Crippen molar-refractivity contribution in [1.82, 2.24) is 9.13 Å². The van der Waals surface area contributed by atoms with Crippen LogP contribution in [-0.2, 0) is 0 Å². The summed E-state index contributed by atoms with van der Waals surface area (Å²) < 4.78 is 10.8. The highest BCUT2D eigenvalue weighted by Crippen LogP contribution is 2.39. The molecule has 0 unspecified atom stereocenters. The van der Waals surface area contributed by atoms with E-state index in [1.807, 2.05) is 59.2 Å². The van der Waals surface area contributed by atoms with Gasteiger partial charge in [0.25, 0.3) is 0 Å². The van der Waals surface area contributed by atoms with Gasteiger partial charge < -0.3 is 13.6 Å². The Balaban J connectivity index is 1.25. The maximum Gasteiger partial charge on any atom is 0.129 e. The van der Waals surface area contributed by atoms with E-state index in [1.54, 1.807) is 0 Å². The van der Waals surface area contributed by atoms with Gasteiger partial charge in [-0.15, -0.1) is 27.3 Å². The van der Waals surface area contributed by atoms with Gasteiger partial charge in [-0.05, 0) is 58.7 Å². The predicted octanol–water partition coefficient (Wildman–Crippen LogP) is -4.98. The molecular weight excluding hydrogens is 783 g/mol. The van der Waals surface area contributed by atoms with Gasteiger partial charge in [0.15, 0.2) is 0 Å². The van der Waals surface area contributed by atoms with Crippen LogP contribution in [0, 0.1) is 0 Å². The summed E-state index contributed by atoms with van der Waals surface area (Å²) in [5.41, 5.74) is 5.35. The summed E-state index contributed by atoms with van der Waals surface area (Å²) in [7, 11) is 101. The van der Waals surface area contributed by atoms with Gasteiger partial charge in [-0.3, -0.25) is 0 Å². The Kier molecular flexibility index (Phi) is 9.77. The van der Waals surface area contributed by atoms with Crippen LogP contribution < -0.4 is 81.9 Å². The van der Waals surface area contributed by atoms with Crippen LogP contribution in [0.15, 0.2) is 95.4 Å². The molecule has 3 heterocycles. The molecule has 268 valence electrons. The Morgan fingerprint density at radius 2 is 0.652 bits per heavy atom. The van der Waals surface area contributed by atoms with E-state index in [-0.39, 0.29) is 121 Å². The highest BCUT2D eigenvalue weighted by atomic mass is 16.3. The van der Waals surface area contributed by atoms with E-state index >= 15 is 0 Å². The van der Waals surface area contributed by atoms with Crippen molar-refractivity contribution in [3.05, 3.63) is 91.0 Å². The zero-order valence-electron chi connectivity index (χ0n) is 35.1. The number of rotatable bonds is 4. The third-order valence-corrected chi connectivity index (χ3v) is 13.1. The van der Waals surface area contributed by atoms with Crippen LogP contribution in [0.1, 0.15) is 0 Å². The highest BCUT2D eigenvalue weighted by molar-refractivity contribution is 6.72. The number of furan rings is 1. The second-order valence-electron chi connectivity index (χ2n) is 16.5. The van der Waals surface area contributed by atoms with Gasteiger partial charge in [0, 0.05) is 32.6 Å². The minimum atomic E-state index is -0.0935. The lowest BCUT2D eigenvalue weighted by Gasteiger charge is -2.30. The van der Waals surface area contributed by atoms with Gasteiger partial charge in [0.1, 0.15) is 129 Å². The van der Waals surface area contributed by atoms with Crippen molar-refractivity contribution < 1.29 is 4.42 Å². The molecule has 3 nitrogen and oxygen atoms in total. The Bertz CT molecular complexity index is 3940. The summed E-state index contributed by atoms with van der Waals surface area (Å²) >= 11 is 0. The zero-order chi connectivity index (χ0) is 46.5. The Morgan fingerprint density at radius 3 is 1.20 bits per heavy atom. The Labute approximate surface area is 401 Å². The average Bonchev–Trinajstić information content (AvgIpc) is 3.99. The lowest BCUT2D eigenvalue weighted by atomic mass is 9.55. The molecule has 0 atom stereocenters. The summed E-state index contributed by atoms with van der Waals surface area (Å²) in [5, 5.41) is 4.79. The first-order valence-electron chi connectivity index (χ1n) is 20.6. The minimum Gasteiger partial charge on any atom is -0.457 e. The third-order valence-electron chi connectivity index (χ3n) is 13.1. The molecule has 18 heteroatoms. The van der Waals surface area contributed by atoms with E-state index in [0.29, 0.717) is 11.1 Å². The predicted molar refractivity (Wildman–Crippen MR) is 294 cm³/mol. The van der Waals surface area contributed by atoms with Crippen LogP contribution in [-0.4, -0.2) is 127 Å². The second kappa shape index (κ2) is 15.1. The van der Waals surface area contributed by atoms with E-state index in [0.717, 1.165) is 49.3 Å². The van der Waals surface area contributed by atoms with E-state index < -0.39 is 0 Å². The van der Waals surface area contributed by atoms with Crippen molar-refractivity contribution in [2.45, 2.75) is 0 Å². The second-order valence-corrected chi connectivity index (χ2v) is 16.5. The van der Waals surface area contributed by atoms with Gasteiger partial charge >= 0.3 is 0 Å². The summed E-state index contributed by atoms with van der Waals surface area (Å²) in [6.45, 7) is 0.